The summed E-state index contributed by atoms with van der Waals surface area (Å²) in [6.45, 7) is 5.78. The van der Waals surface area contributed by atoms with Crippen LogP contribution in [0.25, 0.3) is 0 Å². The van der Waals surface area contributed by atoms with Gasteiger partial charge < -0.3 is 10.2 Å². The number of hydrogen-bond donors (Lipinski definition) is 1. The van der Waals surface area contributed by atoms with Crippen LogP contribution in [0.1, 0.15) is 84.7 Å². The molecule has 2 heterocycles. The van der Waals surface area contributed by atoms with E-state index in [0.717, 1.165) is 44.8 Å². The molecular weight excluding hydrogens is 788 g/mol. The highest BCUT2D eigenvalue weighted by Crippen LogP contribution is 2.31. The number of alkyl halides is 1. The van der Waals surface area contributed by atoms with Crippen molar-refractivity contribution in [1.82, 2.24) is 9.80 Å². The first kappa shape index (κ1) is 44.7. The lowest BCUT2D eigenvalue weighted by molar-refractivity contribution is 0.133. The molecule has 328 valence electrons. The number of nitrogens with zero attached hydrogens (tertiary/aromatic N) is 3. The Balaban J connectivity index is 0.000000143. The molecule has 0 amide bonds. The fourth-order valence-electron chi connectivity index (χ4n) is 10.6. The predicted molar refractivity (Wildman–Crippen MR) is 268 cm³/mol. The highest BCUT2D eigenvalue weighted by molar-refractivity contribution is 6.17. The molecular formula is C58H69ClN4. The summed E-state index contributed by atoms with van der Waals surface area (Å²) in [7, 11) is 0. The summed E-state index contributed by atoms with van der Waals surface area (Å²) in [5.41, 5.74) is 11.5. The third-order valence-electron chi connectivity index (χ3n) is 13.9. The molecule has 2 fully saturated rings. The number of likely N-dealkylation sites (tertiary alicyclic amines) is 2. The summed E-state index contributed by atoms with van der Waals surface area (Å²) in [6.07, 6.45) is 15.1. The van der Waals surface area contributed by atoms with E-state index in [9.17, 15) is 0 Å². The van der Waals surface area contributed by atoms with Crippen molar-refractivity contribution in [2.45, 2.75) is 114 Å². The van der Waals surface area contributed by atoms with Crippen molar-refractivity contribution in [3.05, 3.63) is 203 Å². The summed E-state index contributed by atoms with van der Waals surface area (Å²) in [5.74, 6) is 0.788. The summed E-state index contributed by atoms with van der Waals surface area (Å²) in [5, 5.41) is 3.59. The van der Waals surface area contributed by atoms with Gasteiger partial charge in [0.25, 0.3) is 0 Å². The third-order valence-corrected chi connectivity index (χ3v) is 14.1. The number of para-hydroxylation sites is 2. The lowest BCUT2D eigenvalue weighted by atomic mass is 9.97. The molecule has 4 aliphatic rings. The molecule has 0 bridgehead atoms. The maximum absolute atomic E-state index is 5.88. The second-order valence-corrected chi connectivity index (χ2v) is 18.6. The van der Waals surface area contributed by atoms with Crippen LogP contribution < -0.4 is 10.2 Å². The topological polar surface area (TPSA) is 21.8 Å². The Bertz CT molecular complexity index is 2150. The second kappa shape index (κ2) is 23.7. The molecule has 2 aliphatic carbocycles. The van der Waals surface area contributed by atoms with E-state index in [0.29, 0.717) is 24.2 Å². The standard InChI is InChI=1S/C29H34N2.C15H15N.C14H20ClN/c1-3-11-24(12-4-1)23-30-19-10-9-15-27(30)18-20-31(28-16-5-2-6-17-28)29-21-25-13-7-8-14-26(25)22-29;1-2-8-14(9-3-1)16-15-10-12-6-4-5-7-13(12)11-15;15-10-9-14-8-4-5-11-16(14)12-13-6-2-1-3-7-13/h1-8,11-14,16-17,27,29H,9-10,15,18-23H2;1-9,15-16H,10-11H2;1-3,6-7,14H,4-5,8-12H2/t27-;;14-/m0.0/s1. The summed E-state index contributed by atoms with van der Waals surface area (Å²) in [6, 6.07) is 63.6. The SMILES string of the molecule is ClCC[C@@H]1CCCCN1Cc1ccccc1.c1ccc(CN2CCCC[C@H]2CCN(c2ccccc2)C2Cc3ccccc3C2)cc1.c1ccc(NC2Cc3ccccc3C2)cc1. The Labute approximate surface area is 384 Å². The summed E-state index contributed by atoms with van der Waals surface area (Å²) in [4.78, 5) is 8.04. The van der Waals surface area contributed by atoms with Crippen molar-refractivity contribution in [3.63, 3.8) is 0 Å². The minimum atomic E-state index is 0.555. The van der Waals surface area contributed by atoms with Crippen LogP contribution in [0.4, 0.5) is 11.4 Å². The molecule has 4 nitrogen and oxygen atoms in total. The molecule has 0 saturated carbocycles. The van der Waals surface area contributed by atoms with Crippen LogP contribution in [0.5, 0.6) is 0 Å². The molecule has 1 N–H and O–H groups in total. The number of halogens is 1. The van der Waals surface area contributed by atoms with Gasteiger partial charge in [-0.1, -0.05) is 158 Å². The van der Waals surface area contributed by atoms with E-state index in [4.69, 9.17) is 11.6 Å². The summed E-state index contributed by atoms with van der Waals surface area (Å²) < 4.78 is 0. The zero-order chi connectivity index (χ0) is 42.9. The molecule has 6 aromatic rings. The number of anilines is 2. The van der Waals surface area contributed by atoms with Gasteiger partial charge in [0.15, 0.2) is 0 Å². The van der Waals surface area contributed by atoms with Crippen molar-refractivity contribution in [1.29, 1.82) is 0 Å². The number of fused-ring (bicyclic) bond motifs is 2. The average Bonchev–Trinajstić information content (AvgIpc) is 3.96. The molecule has 5 heteroatoms. The van der Waals surface area contributed by atoms with E-state index in [-0.39, 0.29) is 0 Å². The first-order valence-corrected chi connectivity index (χ1v) is 24.6. The van der Waals surface area contributed by atoms with Gasteiger partial charge in [-0.25, -0.2) is 0 Å². The lowest BCUT2D eigenvalue weighted by Gasteiger charge is -2.39. The van der Waals surface area contributed by atoms with E-state index in [1.165, 1.54) is 116 Å². The highest BCUT2D eigenvalue weighted by atomic mass is 35.5. The van der Waals surface area contributed by atoms with Gasteiger partial charge in [0.1, 0.15) is 0 Å². The van der Waals surface area contributed by atoms with Crippen LogP contribution >= 0.6 is 11.6 Å². The maximum atomic E-state index is 5.88. The van der Waals surface area contributed by atoms with Crippen molar-refractivity contribution in [2.75, 3.05) is 35.7 Å². The van der Waals surface area contributed by atoms with Gasteiger partial charge in [-0.2, -0.15) is 0 Å². The Morgan fingerprint density at radius 2 is 0.905 bits per heavy atom. The molecule has 63 heavy (non-hydrogen) atoms. The van der Waals surface area contributed by atoms with E-state index in [1.807, 2.05) is 0 Å². The Hall–Kier alpha value is -4.87. The first-order valence-electron chi connectivity index (χ1n) is 24.1. The van der Waals surface area contributed by atoms with E-state index in [1.54, 1.807) is 0 Å². The number of nitrogens with one attached hydrogen (secondary N) is 1. The zero-order valence-corrected chi connectivity index (χ0v) is 38.2. The number of hydrogen-bond acceptors (Lipinski definition) is 4. The van der Waals surface area contributed by atoms with Gasteiger partial charge in [-0.3, -0.25) is 9.80 Å². The van der Waals surface area contributed by atoms with Gasteiger partial charge in [-0.15, -0.1) is 11.6 Å². The van der Waals surface area contributed by atoms with Gasteiger partial charge in [0, 0.05) is 61.1 Å². The van der Waals surface area contributed by atoms with Crippen molar-refractivity contribution >= 4 is 23.0 Å². The highest BCUT2D eigenvalue weighted by Gasteiger charge is 2.29. The normalized spacial score (nSPS) is 18.9. The summed E-state index contributed by atoms with van der Waals surface area (Å²) >= 11 is 5.88. The van der Waals surface area contributed by atoms with Crippen molar-refractivity contribution in [3.8, 4) is 0 Å². The molecule has 0 unspecified atom stereocenters. The molecule has 10 rings (SSSR count). The average molecular weight is 858 g/mol. The van der Waals surface area contributed by atoms with Crippen molar-refractivity contribution in [2.24, 2.45) is 0 Å². The molecule has 0 radical (unpaired) electrons. The van der Waals surface area contributed by atoms with Crippen LogP contribution in [0, 0.1) is 0 Å². The molecule has 2 aliphatic heterocycles. The third kappa shape index (κ3) is 13.1. The van der Waals surface area contributed by atoms with Gasteiger partial charge in [0.05, 0.1) is 0 Å². The van der Waals surface area contributed by atoms with E-state index < -0.39 is 0 Å². The Morgan fingerprint density at radius 3 is 1.40 bits per heavy atom. The van der Waals surface area contributed by atoms with Crippen LogP contribution in [0.3, 0.4) is 0 Å². The van der Waals surface area contributed by atoms with Gasteiger partial charge in [-0.05, 0) is 135 Å². The lowest BCUT2D eigenvalue weighted by Crippen LogP contribution is -2.43. The van der Waals surface area contributed by atoms with Gasteiger partial charge >= 0.3 is 0 Å². The minimum absolute atomic E-state index is 0.555. The van der Waals surface area contributed by atoms with Crippen LogP contribution in [-0.4, -0.2) is 59.5 Å². The van der Waals surface area contributed by atoms with E-state index in [2.05, 4.69) is 190 Å². The fourth-order valence-corrected chi connectivity index (χ4v) is 10.8. The largest absolute Gasteiger partial charge is 0.382 e. The maximum Gasteiger partial charge on any atom is 0.0370 e. The van der Waals surface area contributed by atoms with Crippen LogP contribution in [0.15, 0.2) is 170 Å². The van der Waals surface area contributed by atoms with Crippen molar-refractivity contribution < 1.29 is 0 Å². The molecule has 0 spiro atoms. The van der Waals surface area contributed by atoms with Crippen LogP contribution in [-0.2, 0) is 38.8 Å². The van der Waals surface area contributed by atoms with E-state index >= 15 is 0 Å². The smallest absolute Gasteiger partial charge is 0.0370 e. The monoisotopic (exact) mass is 857 g/mol. The minimum Gasteiger partial charge on any atom is -0.382 e. The molecule has 0 aromatic heterocycles. The first-order chi connectivity index (χ1) is 31.2. The van der Waals surface area contributed by atoms with Crippen LogP contribution in [0.2, 0.25) is 0 Å². The molecule has 2 saturated heterocycles. The Morgan fingerprint density at radius 1 is 0.476 bits per heavy atom. The molecule has 6 aromatic carbocycles. The Kier molecular flexibility index (Phi) is 16.8. The second-order valence-electron chi connectivity index (χ2n) is 18.2. The van der Waals surface area contributed by atoms with Gasteiger partial charge in [0.2, 0.25) is 0 Å². The number of rotatable bonds is 13. The number of benzene rings is 6. The zero-order valence-electron chi connectivity index (χ0n) is 37.4. The predicted octanol–water partition coefficient (Wildman–Crippen LogP) is 13.0. The quantitative estimate of drug-likeness (QED) is 0.117. The number of piperidine rings is 2. The fraction of sp³-hybridized carbons (Fsp3) is 0.379. The molecule has 2 atom stereocenters.